The van der Waals surface area contributed by atoms with Gasteiger partial charge >= 0.3 is 0 Å². The topological polar surface area (TPSA) is 63.4 Å². The third-order valence-corrected chi connectivity index (χ3v) is 3.80. The monoisotopic (exact) mass is 282 g/mol. The average Bonchev–Trinajstić information content (AvgIpc) is 2.93. The van der Waals surface area contributed by atoms with E-state index in [-0.39, 0.29) is 0 Å². The summed E-state index contributed by atoms with van der Waals surface area (Å²) < 4.78 is 10.2. The van der Waals surface area contributed by atoms with E-state index in [4.69, 9.17) is 9.26 Å². The van der Waals surface area contributed by atoms with E-state index in [0.29, 0.717) is 0 Å². The van der Waals surface area contributed by atoms with Gasteiger partial charge in [0.2, 0.25) is 5.89 Å². The minimum absolute atomic E-state index is 0.734. The van der Waals surface area contributed by atoms with Gasteiger partial charge in [-0.2, -0.15) is 4.98 Å². The van der Waals surface area contributed by atoms with Gasteiger partial charge in [-0.25, -0.2) is 0 Å². The predicted octanol–water partition coefficient (Wildman–Crippen LogP) is 1.08. The Morgan fingerprint density at radius 1 is 1.40 bits per heavy atom. The van der Waals surface area contributed by atoms with Crippen molar-refractivity contribution in [3.8, 4) is 0 Å². The third-order valence-electron chi connectivity index (χ3n) is 3.80. The maximum atomic E-state index is 5.14. The van der Waals surface area contributed by atoms with Crippen molar-refractivity contribution in [1.82, 2.24) is 20.4 Å². The molecule has 1 aromatic rings. The molecule has 2 rings (SSSR count). The minimum atomic E-state index is 0.734. The quantitative estimate of drug-likeness (QED) is 0.720. The Morgan fingerprint density at radius 2 is 2.20 bits per heavy atom. The van der Waals surface area contributed by atoms with Crippen LogP contribution in [0.15, 0.2) is 4.52 Å². The smallest absolute Gasteiger partial charge is 0.226 e. The molecule has 0 aromatic carbocycles. The van der Waals surface area contributed by atoms with Crippen LogP contribution in [-0.4, -0.2) is 54.9 Å². The summed E-state index contributed by atoms with van der Waals surface area (Å²) >= 11 is 0. The lowest BCUT2D eigenvalue weighted by molar-refractivity contribution is 0.164. The van der Waals surface area contributed by atoms with Gasteiger partial charge in [-0.3, -0.25) is 4.90 Å². The van der Waals surface area contributed by atoms with E-state index in [9.17, 15) is 0 Å². The van der Waals surface area contributed by atoms with E-state index in [1.807, 2.05) is 6.92 Å². The lowest BCUT2D eigenvalue weighted by Gasteiger charge is -2.31. The molecule has 114 valence electrons. The van der Waals surface area contributed by atoms with Gasteiger partial charge in [0.1, 0.15) is 0 Å². The Morgan fingerprint density at radius 3 is 2.85 bits per heavy atom. The average molecular weight is 282 g/mol. The molecule has 0 radical (unpaired) electrons. The molecule has 1 saturated heterocycles. The fourth-order valence-corrected chi connectivity index (χ4v) is 2.53. The largest absolute Gasteiger partial charge is 0.383 e. The van der Waals surface area contributed by atoms with E-state index in [1.54, 1.807) is 7.11 Å². The number of likely N-dealkylation sites (tertiary alicyclic amines) is 1. The Balaban J connectivity index is 1.63. The highest BCUT2D eigenvalue weighted by molar-refractivity contribution is 4.87. The van der Waals surface area contributed by atoms with Crippen LogP contribution in [0.25, 0.3) is 0 Å². The molecule has 0 bridgehead atoms. The second kappa shape index (κ2) is 8.34. The number of rotatable bonds is 8. The standard InChI is InChI=1S/C14H26N4O2/c1-3-14-16-13(17-20-14)11-18-7-4-12(5-8-18)10-15-6-9-19-2/h12,15H,3-11H2,1-2H3. The zero-order valence-corrected chi connectivity index (χ0v) is 12.6. The van der Waals surface area contributed by atoms with Crippen molar-refractivity contribution in [2.24, 2.45) is 5.92 Å². The van der Waals surface area contributed by atoms with Gasteiger partial charge in [-0.05, 0) is 38.4 Å². The van der Waals surface area contributed by atoms with Gasteiger partial charge < -0.3 is 14.6 Å². The first-order valence-electron chi connectivity index (χ1n) is 7.55. The number of ether oxygens (including phenoxy) is 1. The molecule has 6 nitrogen and oxygen atoms in total. The summed E-state index contributed by atoms with van der Waals surface area (Å²) in [6, 6.07) is 0. The molecule has 1 fully saturated rings. The number of aryl methyl sites for hydroxylation is 1. The number of methoxy groups -OCH3 is 1. The molecule has 0 spiro atoms. The van der Waals surface area contributed by atoms with Crippen molar-refractivity contribution >= 4 is 0 Å². The van der Waals surface area contributed by atoms with Gasteiger partial charge in [0.25, 0.3) is 0 Å². The summed E-state index contributed by atoms with van der Waals surface area (Å²) in [7, 11) is 1.74. The van der Waals surface area contributed by atoms with Crippen molar-refractivity contribution in [3.05, 3.63) is 11.7 Å². The zero-order valence-electron chi connectivity index (χ0n) is 12.6. The summed E-state index contributed by atoms with van der Waals surface area (Å²) in [5.74, 6) is 2.33. The first kappa shape index (κ1) is 15.4. The molecule has 6 heteroatoms. The van der Waals surface area contributed by atoms with Crippen LogP contribution >= 0.6 is 0 Å². The molecular weight excluding hydrogens is 256 g/mol. The zero-order chi connectivity index (χ0) is 14.2. The fourth-order valence-electron chi connectivity index (χ4n) is 2.53. The summed E-state index contributed by atoms with van der Waals surface area (Å²) in [4.78, 5) is 6.78. The van der Waals surface area contributed by atoms with Crippen molar-refractivity contribution in [1.29, 1.82) is 0 Å². The Hall–Kier alpha value is -0.980. The molecular formula is C14H26N4O2. The van der Waals surface area contributed by atoms with E-state index < -0.39 is 0 Å². The number of aromatic nitrogens is 2. The van der Waals surface area contributed by atoms with Gasteiger partial charge in [-0.1, -0.05) is 12.1 Å². The van der Waals surface area contributed by atoms with Crippen LogP contribution in [0.2, 0.25) is 0 Å². The molecule has 1 N–H and O–H groups in total. The second-order valence-electron chi connectivity index (χ2n) is 5.37. The number of nitrogens with one attached hydrogen (secondary N) is 1. The summed E-state index contributed by atoms with van der Waals surface area (Å²) in [6.07, 6.45) is 3.28. The van der Waals surface area contributed by atoms with Crippen molar-refractivity contribution in [2.75, 3.05) is 39.9 Å². The summed E-state index contributed by atoms with van der Waals surface area (Å²) in [5, 5.41) is 7.46. The van der Waals surface area contributed by atoms with Gasteiger partial charge in [-0.15, -0.1) is 0 Å². The summed E-state index contributed by atoms with van der Waals surface area (Å²) in [5.41, 5.74) is 0. The van der Waals surface area contributed by atoms with Crippen LogP contribution in [0.4, 0.5) is 0 Å². The maximum absolute atomic E-state index is 5.14. The highest BCUT2D eigenvalue weighted by Crippen LogP contribution is 2.17. The van der Waals surface area contributed by atoms with Crippen LogP contribution in [0.5, 0.6) is 0 Å². The molecule has 0 saturated carbocycles. The SMILES string of the molecule is CCc1nc(CN2CCC(CNCCOC)CC2)no1. The molecule has 0 unspecified atom stereocenters. The number of hydrogen-bond donors (Lipinski definition) is 1. The van der Waals surface area contributed by atoms with Gasteiger partial charge in [0.05, 0.1) is 13.2 Å². The maximum Gasteiger partial charge on any atom is 0.226 e. The van der Waals surface area contributed by atoms with Crippen LogP contribution in [0, 0.1) is 5.92 Å². The van der Waals surface area contributed by atoms with E-state index in [2.05, 4.69) is 20.4 Å². The highest BCUT2D eigenvalue weighted by atomic mass is 16.5. The Labute approximate surface area is 120 Å². The summed E-state index contributed by atoms with van der Waals surface area (Å²) in [6.45, 7) is 7.90. The predicted molar refractivity (Wildman–Crippen MR) is 76.4 cm³/mol. The van der Waals surface area contributed by atoms with Crippen LogP contribution in [0.1, 0.15) is 31.5 Å². The molecule has 20 heavy (non-hydrogen) atoms. The molecule has 2 heterocycles. The van der Waals surface area contributed by atoms with Crippen LogP contribution in [0.3, 0.4) is 0 Å². The molecule has 0 atom stereocenters. The van der Waals surface area contributed by atoms with E-state index in [1.165, 1.54) is 12.8 Å². The van der Waals surface area contributed by atoms with E-state index in [0.717, 1.165) is 63.4 Å². The van der Waals surface area contributed by atoms with Gasteiger partial charge in [0, 0.05) is 20.1 Å². The van der Waals surface area contributed by atoms with Gasteiger partial charge in [0.15, 0.2) is 5.82 Å². The van der Waals surface area contributed by atoms with Crippen molar-refractivity contribution in [3.63, 3.8) is 0 Å². The fraction of sp³-hybridized carbons (Fsp3) is 0.857. The first-order valence-corrected chi connectivity index (χ1v) is 7.55. The lowest BCUT2D eigenvalue weighted by atomic mass is 9.97. The van der Waals surface area contributed by atoms with Crippen molar-refractivity contribution in [2.45, 2.75) is 32.7 Å². The lowest BCUT2D eigenvalue weighted by Crippen LogP contribution is -2.37. The number of nitrogens with zero attached hydrogens (tertiary/aromatic N) is 3. The normalized spacial score (nSPS) is 17.7. The van der Waals surface area contributed by atoms with Crippen molar-refractivity contribution < 1.29 is 9.26 Å². The Kier molecular flexibility index (Phi) is 6.42. The third kappa shape index (κ3) is 4.85. The second-order valence-corrected chi connectivity index (χ2v) is 5.37. The molecule has 0 aliphatic carbocycles. The Bertz CT molecular complexity index is 375. The van der Waals surface area contributed by atoms with Crippen LogP contribution < -0.4 is 5.32 Å². The minimum Gasteiger partial charge on any atom is -0.383 e. The molecule has 1 aromatic heterocycles. The first-order chi connectivity index (χ1) is 9.81. The van der Waals surface area contributed by atoms with Crippen LogP contribution in [-0.2, 0) is 17.7 Å². The molecule has 1 aliphatic rings. The number of hydrogen-bond acceptors (Lipinski definition) is 6. The van der Waals surface area contributed by atoms with E-state index >= 15 is 0 Å². The highest BCUT2D eigenvalue weighted by Gasteiger charge is 2.20. The molecule has 1 aliphatic heterocycles. The number of piperidine rings is 1. The molecule has 0 amide bonds.